The van der Waals surface area contributed by atoms with Gasteiger partial charge in [-0.3, -0.25) is 4.79 Å². The van der Waals surface area contributed by atoms with Gasteiger partial charge in [-0.15, -0.1) is 0 Å². The molecular weight excluding hydrogens is 278 g/mol. The van der Waals surface area contributed by atoms with Gasteiger partial charge in [-0.1, -0.05) is 24.3 Å². The van der Waals surface area contributed by atoms with Gasteiger partial charge in [0, 0.05) is 11.8 Å². The Balaban J connectivity index is 1.71. The third-order valence-electron chi connectivity index (χ3n) is 3.55. The fourth-order valence-corrected chi connectivity index (χ4v) is 2.37. The van der Waals surface area contributed by atoms with Crippen LogP contribution in [-0.4, -0.2) is 12.7 Å². The topological polar surface area (TPSA) is 47.6 Å². The average molecular weight is 295 g/mol. The molecule has 3 rings (SSSR count). The van der Waals surface area contributed by atoms with E-state index in [0.29, 0.717) is 5.75 Å². The fourth-order valence-electron chi connectivity index (χ4n) is 2.37. The van der Waals surface area contributed by atoms with Gasteiger partial charge >= 0.3 is 0 Å². The molecule has 2 aromatic rings. The van der Waals surface area contributed by atoms with Crippen LogP contribution >= 0.6 is 0 Å². The van der Waals surface area contributed by atoms with Crippen LogP contribution in [0.5, 0.6) is 11.5 Å². The van der Waals surface area contributed by atoms with Crippen LogP contribution in [0.2, 0.25) is 0 Å². The maximum Gasteiger partial charge on any atom is 0.248 e. The van der Waals surface area contributed by atoms with Crippen molar-refractivity contribution in [3.8, 4) is 11.5 Å². The number of nitrogens with one attached hydrogen (secondary N) is 1. The highest BCUT2D eigenvalue weighted by molar-refractivity contribution is 6.02. The van der Waals surface area contributed by atoms with E-state index in [1.807, 2.05) is 50.2 Å². The summed E-state index contributed by atoms with van der Waals surface area (Å²) in [6.45, 7) is 4.20. The first-order valence-corrected chi connectivity index (χ1v) is 7.08. The first kappa shape index (κ1) is 14.2. The van der Waals surface area contributed by atoms with Crippen LogP contribution in [0.15, 0.2) is 42.5 Å². The zero-order valence-corrected chi connectivity index (χ0v) is 12.6. The van der Waals surface area contributed by atoms with E-state index >= 15 is 0 Å². The Bertz CT molecular complexity index is 730. The highest BCUT2D eigenvalue weighted by Gasteiger charge is 2.12. The van der Waals surface area contributed by atoms with Crippen LogP contribution in [-0.2, 0) is 4.79 Å². The molecule has 0 radical (unpaired) electrons. The first-order chi connectivity index (χ1) is 10.6. The minimum atomic E-state index is -0.157. The lowest BCUT2D eigenvalue weighted by atomic mass is 10.1. The summed E-state index contributed by atoms with van der Waals surface area (Å²) in [4.78, 5) is 12.1. The lowest BCUT2D eigenvalue weighted by Crippen LogP contribution is -2.10. The monoisotopic (exact) mass is 295 g/mol. The van der Waals surface area contributed by atoms with Gasteiger partial charge in [0.25, 0.3) is 0 Å². The molecule has 0 aliphatic carbocycles. The van der Waals surface area contributed by atoms with Gasteiger partial charge in [0.05, 0.1) is 0 Å². The average Bonchev–Trinajstić information content (AvgIpc) is 2.96. The first-order valence-electron chi connectivity index (χ1n) is 7.08. The minimum Gasteiger partial charge on any atom is -0.454 e. The van der Waals surface area contributed by atoms with Crippen molar-refractivity contribution in [2.24, 2.45) is 0 Å². The Kier molecular flexibility index (Phi) is 3.83. The number of aryl methyl sites for hydroxylation is 2. The van der Waals surface area contributed by atoms with Crippen molar-refractivity contribution < 1.29 is 14.3 Å². The SMILES string of the molecule is Cc1cccc(C)c1NC(=O)C=Cc1ccc2c(c1)OCO2. The number of amides is 1. The molecule has 0 saturated carbocycles. The number of fused-ring (bicyclic) bond motifs is 1. The number of para-hydroxylation sites is 1. The van der Waals surface area contributed by atoms with Crippen molar-refractivity contribution >= 4 is 17.7 Å². The maximum atomic E-state index is 12.1. The van der Waals surface area contributed by atoms with E-state index in [4.69, 9.17) is 9.47 Å². The molecule has 0 aromatic heterocycles. The number of benzene rings is 2. The zero-order valence-electron chi connectivity index (χ0n) is 12.6. The normalized spacial score (nSPS) is 12.6. The molecule has 1 aliphatic rings. The molecule has 0 spiro atoms. The van der Waals surface area contributed by atoms with E-state index in [1.54, 1.807) is 6.08 Å². The van der Waals surface area contributed by atoms with Crippen LogP contribution in [0, 0.1) is 13.8 Å². The molecule has 0 saturated heterocycles. The molecule has 1 heterocycles. The molecule has 0 unspecified atom stereocenters. The molecule has 1 amide bonds. The molecule has 1 aliphatic heterocycles. The number of carbonyl (C=O) groups is 1. The van der Waals surface area contributed by atoms with Crippen LogP contribution in [0.3, 0.4) is 0 Å². The van der Waals surface area contributed by atoms with Crippen LogP contribution in [0.25, 0.3) is 6.08 Å². The van der Waals surface area contributed by atoms with Gasteiger partial charge in [0.2, 0.25) is 12.7 Å². The number of hydrogen-bond donors (Lipinski definition) is 1. The van der Waals surface area contributed by atoms with E-state index in [1.165, 1.54) is 6.08 Å². The zero-order chi connectivity index (χ0) is 15.5. The van der Waals surface area contributed by atoms with Crippen molar-refractivity contribution in [1.82, 2.24) is 0 Å². The minimum absolute atomic E-state index is 0.157. The lowest BCUT2D eigenvalue weighted by Gasteiger charge is -2.09. The quantitative estimate of drug-likeness (QED) is 0.879. The second-order valence-corrected chi connectivity index (χ2v) is 5.20. The Morgan fingerprint density at radius 2 is 1.82 bits per heavy atom. The fraction of sp³-hybridized carbons (Fsp3) is 0.167. The molecule has 2 aromatic carbocycles. The summed E-state index contributed by atoms with van der Waals surface area (Å²) in [7, 11) is 0. The van der Waals surface area contributed by atoms with Crippen LogP contribution in [0.4, 0.5) is 5.69 Å². The predicted octanol–water partition coefficient (Wildman–Crippen LogP) is 3.68. The second kappa shape index (κ2) is 5.93. The van der Waals surface area contributed by atoms with Gasteiger partial charge in [0.1, 0.15) is 0 Å². The Morgan fingerprint density at radius 3 is 2.59 bits per heavy atom. The van der Waals surface area contributed by atoms with Gasteiger partial charge in [0.15, 0.2) is 11.5 Å². The molecule has 1 N–H and O–H groups in total. The Labute approximate surface area is 129 Å². The Hall–Kier alpha value is -2.75. The lowest BCUT2D eigenvalue weighted by molar-refractivity contribution is -0.111. The van der Waals surface area contributed by atoms with Crippen molar-refractivity contribution in [1.29, 1.82) is 0 Å². The van der Waals surface area contributed by atoms with Crippen molar-refractivity contribution in [3.05, 3.63) is 59.2 Å². The predicted molar refractivity (Wildman–Crippen MR) is 86.1 cm³/mol. The largest absolute Gasteiger partial charge is 0.454 e. The molecule has 4 heteroatoms. The summed E-state index contributed by atoms with van der Waals surface area (Å²) in [5.41, 5.74) is 3.85. The van der Waals surface area contributed by atoms with Gasteiger partial charge in [-0.25, -0.2) is 0 Å². The van der Waals surface area contributed by atoms with Gasteiger partial charge in [-0.05, 0) is 48.7 Å². The summed E-state index contributed by atoms with van der Waals surface area (Å²) >= 11 is 0. The number of anilines is 1. The molecule has 22 heavy (non-hydrogen) atoms. The standard InChI is InChI=1S/C18H17NO3/c1-12-4-3-5-13(2)18(12)19-17(20)9-7-14-6-8-15-16(10-14)22-11-21-15/h3-10H,11H2,1-2H3,(H,19,20). The maximum absolute atomic E-state index is 12.1. The smallest absolute Gasteiger partial charge is 0.248 e. The van der Waals surface area contributed by atoms with Crippen LogP contribution in [0.1, 0.15) is 16.7 Å². The molecule has 0 bridgehead atoms. The number of ether oxygens (including phenoxy) is 2. The summed E-state index contributed by atoms with van der Waals surface area (Å²) in [5.74, 6) is 1.28. The number of carbonyl (C=O) groups excluding carboxylic acids is 1. The van der Waals surface area contributed by atoms with E-state index in [2.05, 4.69) is 5.32 Å². The molecule has 0 atom stereocenters. The third-order valence-corrected chi connectivity index (χ3v) is 3.55. The molecule has 0 fully saturated rings. The number of hydrogen-bond acceptors (Lipinski definition) is 3. The van der Waals surface area contributed by atoms with Crippen molar-refractivity contribution in [2.75, 3.05) is 12.1 Å². The summed E-state index contributed by atoms with van der Waals surface area (Å²) < 4.78 is 10.6. The van der Waals surface area contributed by atoms with E-state index in [0.717, 1.165) is 28.1 Å². The molecular formula is C18H17NO3. The van der Waals surface area contributed by atoms with E-state index in [-0.39, 0.29) is 12.7 Å². The van der Waals surface area contributed by atoms with Crippen LogP contribution < -0.4 is 14.8 Å². The van der Waals surface area contributed by atoms with Gasteiger partial charge in [-0.2, -0.15) is 0 Å². The van der Waals surface area contributed by atoms with Crippen molar-refractivity contribution in [3.63, 3.8) is 0 Å². The third kappa shape index (κ3) is 2.96. The summed E-state index contributed by atoms with van der Waals surface area (Å²) in [6.07, 6.45) is 3.27. The Morgan fingerprint density at radius 1 is 1.09 bits per heavy atom. The van der Waals surface area contributed by atoms with E-state index < -0.39 is 0 Å². The van der Waals surface area contributed by atoms with E-state index in [9.17, 15) is 4.79 Å². The highest BCUT2D eigenvalue weighted by Crippen LogP contribution is 2.32. The molecule has 112 valence electrons. The van der Waals surface area contributed by atoms with Crippen molar-refractivity contribution in [2.45, 2.75) is 13.8 Å². The highest BCUT2D eigenvalue weighted by atomic mass is 16.7. The number of rotatable bonds is 3. The molecule has 4 nitrogen and oxygen atoms in total. The summed E-state index contributed by atoms with van der Waals surface area (Å²) in [6, 6.07) is 11.5. The summed E-state index contributed by atoms with van der Waals surface area (Å²) in [5, 5.41) is 2.92. The second-order valence-electron chi connectivity index (χ2n) is 5.20. The van der Waals surface area contributed by atoms with Gasteiger partial charge < -0.3 is 14.8 Å².